The molecule has 0 amide bonds. The van der Waals surface area contributed by atoms with Crippen molar-refractivity contribution in [1.82, 2.24) is 4.72 Å². The van der Waals surface area contributed by atoms with E-state index in [0.717, 1.165) is 11.8 Å². The normalized spacial score (nSPS) is 11.4. The smallest absolute Gasteiger partial charge is 0.371 e. The minimum atomic E-state index is -3.59. The van der Waals surface area contributed by atoms with Crippen molar-refractivity contribution in [2.45, 2.75) is 14.9 Å². The van der Waals surface area contributed by atoms with E-state index in [-0.39, 0.29) is 10.7 Å². The molecule has 0 bridgehead atoms. The molecule has 1 aromatic heterocycles. The molecule has 0 saturated heterocycles. The van der Waals surface area contributed by atoms with Crippen LogP contribution in [0.3, 0.4) is 0 Å². The Labute approximate surface area is 119 Å². The molecular weight excluding hydrogens is 302 g/mol. The van der Waals surface area contributed by atoms with Gasteiger partial charge in [-0.25, -0.2) is 17.9 Å². The first-order valence-electron chi connectivity index (χ1n) is 5.47. The maximum atomic E-state index is 11.9. The highest BCUT2D eigenvalue weighted by atomic mass is 32.2. The van der Waals surface area contributed by atoms with Crippen molar-refractivity contribution < 1.29 is 22.7 Å². The Kier molecular flexibility index (Phi) is 4.17. The number of hydrogen-bond donors (Lipinski definition) is 2. The summed E-state index contributed by atoms with van der Waals surface area (Å²) < 4.78 is 31.1. The fourth-order valence-electron chi connectivity index (χ4n) is 1.46. The summed E-state index contributed by atoms with van der Waals surface area (Å²) in [7, 11) is -2.26. The highest BCUT2D eigenvalue weighted by Crippen LogP contribution is 2.33. The van der Waals surface area contributed by atoms with Gasteiger partial charge in [0.25, 0.3) is 0 Å². The molecule has 6 nitrogen and oxygen atoms in total. The average molecular weight is 313 g/mol. The molecule has 0 aliphatic heterocycles. The Morgan fingerprint density at radius 1 is 1.25 bits per heavy atom. The van der Waals surface area contributed by atoms with Crippen LogP contribution in [-0.2, 0) is 10.0 Å². The van der Waals surface area contributed by atoms with Gasteiger partial charge in [-0.05, 0) is 31.3 Å². The molecular formula is C12H11NO5S2. The van der Waals surface area contributed by atoms with E-state index in [0.29, 0.717) is 9.99 Å². The van der Waals surface area contributed by atoms with E-state index in [1.165, 1.54) is 25.2 Å². The first-order chi connectivity index (χ1) is 9.44. The third-order valence-electron chi connectivity index (χ3n) is 2.41. The topological polar surface area (TPSA) is 96.6 Å². The zero-order chi connectivity index (χ0) is 14.8. The van der Waals surface area contributed by atoms with E-state index in [1.54, 1.807) is 18.2 Å². The summed E-state index contributed by atoms with van der Waals surface area (Å²) in [4.78, 5) is 11.3. The molecule has 1 heterocycles. The summed E-state index contributed by atoms with van der Waals surface area (Å²) in [5, 5.41) is 9.08. The molecule has 0 spiro atoms. The lowest BCUT2D eigenvalue weighted by molar-refractivity contribution is 0.0656. The Morgan fingerprint density at radius 3 is 2.55 bits per heavy atom. The minimum absolute atomic E-state index is 0.112. The predicted octanol–water partition coefficient (Wildman–Crippen LogP) is 2.04. The molecule has 8 heteroatoms. The Hall–Kier alpha value is -1.77. The van der Waals surface area contributed by atoms with Crippen molar-refractivity contribution in [2.75, 3.05) is 7.05 Å². The second-order valence-electron chi connectivity index (χ2n) is 3.68. The molecule has 0 radical (unpaired) electrons. The van der Waals surface area contributed by atoms with E-state index in [1.807, 2.05) is 0 Å². The number of rotatable bonds is 5. The number of sulfonamides is 1. The molecule has 0 unspecified atom stereocenters. The maximum Gasteiger partial charge on any atom is 0.371 e. The molecule has 0 aliphatic rings. The van der Waals surface area contributed by atoms with Crippen LogP contribution in [-0.4, -0.2) is 26.5 Å². The van der Waals surface area contributed by atoms with E-state index < -0.39 is 16.0 Å². The number of furan rings is 1. The highest BCUT2D eigenvalue weighted by molar-refractivity contribution is 8.00. The fourth-order valence-corrected chi connectivity index (χ4v) is 3.53. The average Bonchev–Trinajstić information content (AvgIpc) is 2.88. The molecule has 0 saturated carbocycles. The molecule has 0 fully saturated rings. The number of benzene rings is 1. The van der Waals surface area contributed by atoms with Gasteiger partial charge in [-0.15, -0.1) is 0 Å². The minimum Gasteiger partial charge on any atom is -0.475 e. The van der Waals surface area contributed by atoms with Gasteiger partial charge in [-0.3, -0.25) is 0 Å². The van der Waals surface area contributed by atoms with Crippen LogP contribution in [0, 0.1) is 0 Å². The number of nitrogens with one attached hydrogen (secondary N) is 1. The zero-order valence-corrected chi connectivity index (χ0v) is 12.0. The SMILES string of the molecule is CNS(=O)(=O)c1ccccc1Sc1ccc(C(=O)O)o1. The predicted molar refractivity (Wildman–Crippen MR) is 72.5 cm³/mol. The van der Waals surface area contributed by atoms with Crippen molar-refractivity contribution in [1.29, 1.82) is 0 Å². The van der Waals surface area contributed by atoms with Gasteiger partial charge in [-0.2, -0.15) is 0 Å². The van der Waals surface area contributed by atoms with Crippen LogP contribution in [0.4, 0.5) is 0 Å². The van der Waals surface area contributed by atoms with Gasteiger partial charge in [0.2, 0.25) is 15.8 Å². The summed E-state index contributed by atoms with van der Waals surface area (Å²) >= 11 is 1.05. The van der Waals surface area contributed by atoms with Crippen LogP contribution < -0.4 is 4.72 Å². The van der Waals surface area contributed by atoms with Gasteiger partial charge in [0.1, 0.15) is 0 Å². The second-order valence-corrected chi connectivity index (χ2v) is 6.58. The van der Waals surface area contributed by atoms with Gasteiger partial charge < -0.3 is 9.52 Å². The molecule has 0 atom stereocenters. The molecule has 1 aromatic carbocycles. The number of carbonyl (C=O) groups is 1. The number of carboxylic acids is 1. The fraction of sp³-hybridized carbons (Fsp3) is 0.0833. The monoisotopic (exact) mass is 313 g/mol. The molecule has 2 N–H and O–H groups in total. The van der Waals surface area contributed by atoms with Crippen LogP contribution >= 0.6 is 11.8 Å². The first kappa shape index (κ1) is 14.6. The van der Waals surface area contributed by atoms with Gasteiger partial charge in [0, 0.05) is 4.90 Å². The van der Waals surface area contributed by atoms with Crippen LogP contribution in [0.5, 0.6) is 0 Å². The second kappa shape index (κ2) is 5.70. The van der Waals surface area contributed by atoms with Crippen LogP contribution in [0.15, 0.2) is 55.7 Å². The van der Waals surface area contributed by atoms with Gasteiger partial charge in [0.05, 0.1) is 4.90 Å². The largest absolute Gasteiger partial charge is 0.475 e. The number of aromatic carboxylic acids is 1. The Bertz CT molecular complexity index is 736. The summed E-state index contributed by atoms with van der Waals surface area (Å²) in [5.74, 6) is -1.37. The maximum absolute atomic E-state index is 11.9. The van der Waals surface area contributed by atoms with E-state index in [4.69, 9.17) is 9.52 Å². The number of carboxylic acid groups (broad SMARTS) is 1. The Morgan fingerprint density at radius 2 is 1.95 bits per heavy atom. The zero-order valence-electron chi connectivity index (χ0n) is 10.4. The lowest BCUT2D eigenvalue weighted by Crippen LogP contribution is -2.19. The first-order valence-corrected chi connectivity index (χ1v) is 7.77. The van der Waals surface area contributed by atoms with Crippen LogP contribution in [0.1, 0.15) is 10.6 Å². The van der Waals surface area contributed by atoms with Gasteiger partial charge >= 0.3 is 5.97 Å². The summed E-state index contributed by atoms with van der Waals surface area (Å²) in [6.07, 6.45) is 0. The van der Waals surface area contributed by atoms with Crippen molar-refractivity contribution in [3.05, 3.63) is 42.2 Å². The summed E-state index contributed by atoms with van der Waals surface area (Å²) in [6, 6.07) is 9.20. The number of hydrogen-bond acceptors (Lipinski definition) is 5. The summed E-state index contributed by atoms with van der Waals surface area (Å²) in [5.41, 5.74) is 0. The third-order valence-corrected chi connectivity index (χ3v) is 5.01. The molecule has 0 aliphatic carbocycles. The standard InChI is InChI=1S/C12H11NO5S2/c1-13-20(16,17)10-5-3-2-4-9(10)19-11-7-6-8(18-11)12(14)15/h2-7,13H,1H3,(H,14,15). The van der Waals surface area contributed by atoms with Crippen molar-refractivity contribution in [2.24, 2.45) is 0 Å². The summed E-state index contributed by atoms with van der Waals surface area (Å²) in [6.45, 7) is 0. The molecule has 2 rings (SSSR count). The van der Waals surface area contributed by atoms with Crippen LogP contribution in [0.2, 0.25) is 0 Å². The molecule has 20 heavy (non-hydrogen) atoms. The Balaban J connectivity index is 2.36. The lowest BCUT2D eigenvalue weighted by atomic mass is 10.4. The van der Waals surface area contributed by atoms with Gasteiger partial charge in [0.15, 0.2) is 5.09 Å². The molecule has 2 aromatic rings. The van der Waals surface area contributed by atoms with Crippen molar-refractivity contribution >= 4 is 27.8 Å². The highest BCUT2D eigenvalue weighted by Gasteiger charge is 2.18. The van der Waals surface area contributed by atoms with E-state index in [2.05, 4.69) is 4.72 Å². The molecule has 106 valence electrons. The van der Waals surface area contributed by atoms with E-state index in [9.17, 15) is 13.2 Å². The third kappa shape index (κ3) is 3.03. The van der Waals surface area contributed by atoms with Crippen molar-refractivity contribution in [3.63, 3.8) is 0 Å². The lowest BCUT2D eigenvalue weighted by Gasteiger charge is -2.07. The van der Waals surface area contributed by atoms with Crippen molar-refractivity contribution in [3.8, 4) is 0 Å². The van der Waals surface area contributed by atoms with Crippen LogP contribution in [0.25, 0.3) is 0 Å². The quantitative estimate of drug-likeness (QED) is 0.877. The van der Waals surface area contributed by atoms with E-state index >= 15 is 0 Å². The van der Waals surface area contributed by atoms with Gasteiger partial charge in [-0.1, -0.05) is 23.9 Å².